The van der Waals surface area contributed by atoms with Crippen molar-refractivity contribution in [2.75, 3.05) is 14.2 Å². The molecule has 26 heavy (non-hydrogen) atoms. The molecule has 0 spiro atoms. The van der Waals surface area contributed by atoms with E-state index in [1.807, 2.05) is 12.2 Å². The SMILES string of the molecule is COc1ccc(C(=O)NNC(=O)[C@@H]2[C@@H](C(=O)O)[C@H]3C=C[C@H]2C3)cc1OC. The van der Waals surface area contributed by atoms with E-state index in [4.69, 9.17) is 9.47 Å². The van der Waals surface area contributed by atoms with Gasteiger partial charge < -0.3 is 14.6 Å². The van der Waals surface area contributed by atoms with E-state index in [0.29, 0.717) is 17.9 Å². The number of carbonyl (C=O) groups is 3. The minimum atomic E-state index is -0.992. The molecule has 138 valence electrons. The number of carbonyl (C=O) groups excluding carboxylic acids is 2. The smallest absolute Gasteiger partial charge is 0.307 e. The van der Waals surface area contributed by atoms with Gasteiger partial charge in [0.2, 0.25) is 5.91 Å². The number of aliphatic carboxylic acids is 1. The topological polar surface area (TPSA) is 114 Å². The summed E-state index contributed by atoms with van der Waals surface area (Å²) in [4.78, 5) is 36.2. The molecule has 8 heteroatoms. The quantitative estimate of drug-likeness (QED) is 0.533. The van der Waals surface area contributed by atoms with Crippen LogP contribution in [0.4, 0.5) is 0 Å². The van der Waals surface area contributed by atoms with Gasteiger partial charge in [0.25, 0.3) is 5.91 Å². The molecular formula is C18H20N2O6. The van der Waals surface area contributed by atoms with Gasteiger partial charge in [-0.05, 0) is 36.5 Å². The second-order valence-corrected chi connectivity index (χ2v) is 6.35. The first kappa shape index (κ1) is 17.8. The lowest BCUT2D eigenvalue weighted by molar-refractivity contribution is -0.148. The van der Waals surface area contributed by atoms with Crippen LogP contribution in [-0.2, 0) is 9.59 Å². The second kappa shape index (κ2) is 7.07. The molecule has 2 amide bonds. The van der Waals surface area contributed by atoms with E-state index in [0.717, 1.165) is 0 Å². The van der Waals surface area contributed by atoms with Gasteiger partial charge in [-0.25, -0.2) is 0 Å². The Kier molecular flexibility index (Phi) is 4.83. The van der Waals surface area contributed by atoms with Gasteiger partial charge in [0.1, 0.15) is 0 Å². The number of allylic oxidation sites excluding steroid dienone is 2. The molecule has 1 saturated carbocycles. The number of carboxylic acids is 1. The van der Waals surface area contributed by atoms with E-state index in [9.17, 15) is 19.5 Å². The molecule has 1 fully saturated rings. The standard InChI is InChI=1S/C18H20N2O6/c1-25-12-6-5-11(8-13(12)26-2)16(21)19-20-17(22)14-9-3-4-10(7-9)15(14)18(23)24/h3-6,8-10,14-15H,7H2,1-2H3,(H,19,21)(H,20,22)(H,23,24)/t9-,10-,14-,15-/m0/s1. The first-order valence-electron chi connectivity index (χ1n) is 8.19. The Balaban J connectivity index is 1.65. The highest BCUT2D eigenvalue weighted by atomic mass is 16.5. The molecular weight excluding hydrogens is 340 g/mol. The fourth-order valence-electron chi connectivity index (χ4n) is 3.77. The van der Waals surface area contributed by atoms with Crippen molar-refractivity contribution in [3.8, 4) is 11.5 Å². The number of methoxy groups -OCH3 is 2. The predicted octanol–water partition coefficient (Wildman–Crippen LogP) is 0.988. The number of carboxylic acid groups (broad SMARTS) is 1. The fraction of sp³-hybridized carbons (Fsp3) is 0.389. The van der Waals surface area contributed by atoms with Crippen LogP contribution in [0.1, 0.15) is 16.8 Å². The van der Waals surface area contributed by atoms with Crippen molar-refractivity contribution in [1.82, 2.24) is 10.9 Å². The molecule has 8 nitrogen and oxygen atoms in total. The Morgan fingerprint density at radius 1 is 1.00 bits per heavy atom. The lowest BCUT2D eigenvalue weighted by Crippen LogP contribution is -2.48. The van der Waals surface area contributed by atoms with Gasteiger partial charge in [0.05, 0.1) is 26.1 Å². The Morgan fingerprint density at radius 3 is 2.27 bits per heavy atom. The van der Waals surface area contributed by atoms with E-state index < -0.39 is 29.6 Å². The number of hydrogen-bond acceptors (Lipinski definition) is 5. The number of rotatable bonds is 5. The highest BCUT2D eigenvalue weighted by Gasteiger charge is 2.51. The highest BCUT2D eigenvalue weighted by molar-refractivity contribution is 5.96. The first-order valence-corrected chi connectivity index (χ1v) is 8.19. The number of nitrogens with one attached hydrogen (secondary N) is 2. The molecule has 0 unspecified atom stereocenters. The monoisotopic (exact) mass is 360 g/mol. The zero-order valence-electron chi connectivity index (χ0n) is 14.4. The third kappa shape index (κ3) is 3.10. The fourth-order valence-corrected chi connectivity index (χ4v) is 3.77. The minimum Gasteiger partial charge on any atom is -0.493 e. The maximum Gasteiger partial charge on any atom is 0.307 e. The maximum atomic E-state index is 12.4. The Bertz CT molecular complexity index is 775. The molecule has 1 aromatic rings. The normalized spacial score (nSPS) is 25.6. The molecule has 2 aliphatic carbocycles. The molecule has 0 radical (unpaired) electrons. The van der Waals surface area contributed by atoms with Crippen molar-refractivity contribution < 1.29 is 29.0 Å². The Morgan fingerprint density at radius 2 is 1.65 bits per heavy atom. The average Bonchev–Trinajstić information content (AvgIpc) is 3.26. The lowest BCUT2D eigenvalue weighted by atomic mass is 9.82. The zero-order chi connectivity index (χ0) is 18.8. The number of hydrogen-bond donors (Lipinski definition) is 3. The number of ether oxygens (including phenoxy) is 2. The van der Waals surface area contributed by atoms with Crippen LogP contribution in [0.25, 0.3) is 0 Å². The zero-order valence-corrected chi connectivity index (χ0v) is 14.4. The van der Waals surface area contributed by atoms with E-state index in [-0.39, 0.29) is 17.4 Å². The molecule has 0 saturated heterocycles. The van der Waals surface area contributed by atoms with Gasteiger partial charge in [0, 0.05) is 5.56 Å². The van der Waals surface area contributed by atoms with Gasteiger partial charge >= 0.3 is 5.97 Å². The van der Waals surface area contributed by atoms with Gasteiger partial charge in [-0.15, -0.1) is 0 Å². The molecule has 2 bridgehead atoms. The molecule has 0 aliphatic heterocycles. The van der Waals surface area contributed by atoms with Crippen molar-refractivity contribution in [3.63, 3.8) is 0 Å². The van der Waals surface area contributed by atoms with Crippen molar-refractivity contribution in [2.45, 2.75) is 6.42 Å². The van der Waals surface area contributed by atoms with Crippen molar-refractivity contribution >= 4 is 17.8 Å². The van der Waals surface area contributed by atoms with E-state index >= 15 is 0 Å². The van der Waals surface area contributed by atoms with Crippen LogP contribution < -0.4 is 20.3 Å². The predicted molar refractivity (Wildman–Crippen MR) is 90.5 cm³/mol. The summed E-state index contributed by atoms with van der Waals surface area (Å²) in [5, 5.41) is 9.39. The van der Waals surface area contributed by atoms with Gasteiger partial charge in [-0.3, -0.25) is 25.2 Å². The summed E-state index contributed by atoms with van der Waals surface area (Å²) >= 11 is 0. The molecule has 1 aromatic carbocycles. The number of hydrazine groups is 1. The van der Waals surface area contributed by atoms with Crippen molar-refractivity contribution in [2.24, 2.45) is 23.7 Å². The third-order valence-corrected chi connectivity index (χ3v) is 4.99. The number of fused-ring (bicyclic) bond motifs is 2. The second-order valence-electron chi connectivity index (χ2n) is 6.35. The maximum absolute atomic E-state index is 12.4. The summed E-state index contributed by atoms with van der Waals surface area (Å²) in [5.74, 6) is -2.85. The lowest BCUT2D eigenvalue weighted by Gasteiger charge is -2.23. The first-order chi connectivity index (χ1) is 12.5. The van der Waals surface area contributed by atoms with Crippen LogP contribution >= 0.6 is 0 Å². The van der Waals surface area contributed by atoms with Crippen LogP contribution in [-0.4, -0.2) is 37.1 Å². The Hall–Kier alpha value is -3.03. The third-order valence-electron chi connectivity index (χ3n) is 4.99. The van der Waals surface area contributed by atoms with Gasteiger partial charge in [-0.2, -0.15) is 0 Å². The summed E-state index contributed by atoms with van der Waals surface area (Å²) in [7, 11) is 2.94. The number of benzene rings is 1. The Labute approximate surface area is 150 Å². The summed E-state index contributed by atoms with van der Waals surface area (Å²) < 4.78 is 10.3. The van der Waals surface area contributed by atoms with Gasteiger partial charge in [0.15, 0.2) is 11.5 Å². The van der Waals surface area contributed by atoms with Crippen LogP contribution in [0, 0.1) is 23.7 Å². The van der Waals surface area contributed by atoms with E-state index in [1.165, 1.54) is 26.4 Å². The van der Waals surface area contributed by atoms with Crippen molar-refractivity contribution in [3.05, 3.63) is 35.9 Å². The molecule has 0 aromatic heterocycles. The summed E-state index contributed by atoms with van der Waals surface area (Å²) in [5.41, 5.74) is 4.95. The average molecular weight is 360 g/mol. The molecule has 3 rings (SSSR count). The highest BCUT2D eigenvalue weighted by Crippen LogP contribution is 2.48. The van der Waals surface area contributed by atoms with Gasteiger partial charge in [-0.1, -0.05) is 12.2 Å². The molecule has 0 heterocycles. The number of amides is 2. The van der Waals surface area contributed by atoms with E-state index in [1.54, 1.807) is 6.07 Å². The summed E-state index contributed by atoms with van der Waals surface area (Å²) in [6.07, 6.45) is 4.39. The summed E-state index contributed by atoms with van der Waals surface area (Å²) in [6.45, 7) is 0. The van der Waals surface area contributed by atoms with Crippen LogP contribution in [0.15, 0.2) is 30.4 Å². The van der Waals surface area contributed by atoms with Crippen LogP contribution in [0.2, 0.25) is 0 Å². The van der Waals surface area contributed by atoms with Crippen LogP contribution in [0.5, 0.6) is 11.5 Å². The summed E-state index contributed by atoms with van der Waals surface area (Å²) in [6, 6.07) is 4.60. The molecule has 2 aliphatic rings. The van der Waals surface area contributed by atoms with Crippen LogP contribution in [0.3, 0.4) is 0 Å². The van der Waals surface area contributed by atoms with E-state index in [2.05, 4.69) is 10.9 Å². The minimum absolute atomic E-state index is 0.112. The molecule has 4 atom stereocenters. The largest absolute Gasteiger partial charge is 0.493 e. The van der Waals surface area contributed by atoms with Crippen molar-refractivity contribution in [1.29, 1.82) is 0 Å². The molecule has 3 N–H and O–H groups in total.